The topological polar surface area (TPSA) is 52.6 Å². The molecule has 0 radical (unpaired) electrons. The fourth-order valence-corrected chi connectivity index (χ4v) is 4.55. The van der Waals surface area contributed by atoms with Gasteiger partial charge in [-0.2, -0.15) is 0 Å². The number of carbonyl (C=O) groups is 1. The average Bonchev–Trinajstić information content (AvgIpc) is 2.66. The molecule has 2 aromatic rings. The van der Waals surface area contributed by atoms with Crippen LogP contribution in [-0.2, 0) is 11.0 Å². The van der Waals surface area contributed by atoms with Crippen molar-refractivity contribution in [2.45, 2.75) is 19.8 Å². The van der Waals surface area contributed by atoms with Crippen LogP contribution in [0.5, 0.6) is 11.5 Å². The first kappa shape index (κ1) is 19.3. The van der Waals surface area contributed by atoms with Gasteiger partial charge in [0.05, 0.1) is 14.2 Å². The number of hydrogen-bond acceptors (Lipinski definition) is 4. The summed E-state index contributed by atoms with van der Waals surface area (Å²) in [5.41, 5.74) is 1.11. The summed E-state index contributed by atoms with van der Waals surface area (Å²) in [6.07, 6.45) is 2.10. The summed E-state index contributed by atoms with van der Waals surface area (Å²) in [5, 5.41) is 0. The van der Waals surface area contributed by atoms with Gasteiger partial charge in [-0.05, 0) is 30.0 Å². The summed E-state index contributed by atoms with van der Waals surface area (Å²) in [4.78, 5) is 12.8. The van der Waals surface area contributed by atoms with Gasteiger partial charge in [-0.1, -0.05) is 49.7 Å². The molecule has 0 amide bonds. The molecule has 2 aromatic carbocycles. The Labute approximate surface area is 150 Å². The van der Waals surface area contributed by atoms with Crippen LogP contribution in [0.1, 0.15) is 29.3 Å². The highest BCUT2D eigenvalue weighted by molar-refractivity contribution is 7.64. The van der Waals surface area contributed by atoms with Gasteiger partial charge in [0, 0.05) is 6.16 Å². The van der Waals surface area contributed by atoms with Crippen molar-refractivity contribution < 1.29 is 18.8 Å². The normalized spacial score (nSPS) is 13.1. The Balaban J connectivity index is 2.15. The molecule has 0 aliphatic carbocycles. The number of carbonyl (C=O) groups excluding carboxylic acids is 1. The van der Waals surface area contributed by atoms with Gasteiger partial charge < -0.3 is 14.0 Å². The predicted octanol–water partition coefficient (Wildman–Crippen LogP) is 4.67. The molecule has 0 aliphatic heterocycles. The monoisotopic (exact) mass is 360 g/mol. The maximum atomic E-state index is 12.8. The summed E-state index contributed by atoms with van der Waals surface area (Å²) in [6.45, 7) is 2.07. The van der Waals surface area contributed by atoms with Crippen LogP contribution in [0.2, 0.25) is 0 Å². The summed E-state index contributed by atoms with van der Waals surface area (Å²) in [7, 11) is 0.524. The van der Waals surface area contributed by atoms with Crippen LogP contribution in [0.4, 0.5) is 0 Å². The zero-order chi connectivity index (χ0) is 18.2. The molecular weight excluding hydrogens is 335 g/mol. The Hall–Kier alpha value is -2.06. The molecule has 0 heterocycles. The molecule has 0 aliphatic rings. The van der Waals surface area contributed by atoms with Gasteiger partial charge in [0.1, 0.15) is 24.9 Å². The lowest BCUT2D eigenvalue weighted by atomic mass is 9.99. The minimum Gasteiger partial charge on any atom is -0.496 e. The molecule has 0 N–H and O–H groups in total. The van der Waals surface area contributed by atoms with E-state index in [1.165, 1.54) is 19.8 Å². The molecule has 2 rings (SSSR count). The highest BCUT2D eigenvalue weighted by atomic mass is 31.1. The van der Waals surface area contributed by atoms with E-state index in [9.17, 15) is 9.36 Å². The predicted molar refractivity (Wildman–Crippen MR) is 102 cm³/mol. The van der Waals surface area contributed by atoms with Gasteiger partial charge >= 0.3 is 0 Å². The third-order valence-electron chi connectivity index (χ3n) is 4.33. The lowest BCUT2D eigenvalue weighted by molar-refractivity contribution is 0.107. The molecule has 0 spiro atoms. The molecule has 2 atom stereocenters. The molecule has 134 valence electrons. The second-order valence-electron chi connectivity index (χ2n) is 5.96. The molecule has 2 unspecified atom stereocenters. The molecule has 4 nitrogen and oxygen atoms in total. The number of methoxy groups -OCH3 is 2. The first-order valence-electron chi connectivity index (χ1n) is 8.43. The minimum atomic E-state index is -2.46. The first-order chi connectivity index (χ1) is 12.1. The average molecular weight is 360 g/mol. The second-order valence-corrected chi connectivity index (χ2v) is 7.67. The second kappa shape index (κ2) is 9.43. The maximum Gasteiger partial charge on any atom is 0.225 e. The lowest BCUT2D eigenvalue weighted by Gasteiger charge is -2.16. The molecule has 5 heteroatoms. The Kier molecular flexibility index (Phi) is 7.27. The van der Waals surface area contributed by atoms with E-state index in [0.717, 1.165) is 12.8 Å². The van der Waals surface area contributed by atoms with E-state index in [2.05, 4.69) is 19.1 Å². The van der Waals surface area contributed by atoms with Gasteiger partial charge in [0.15, 0.2) is 0 Å². The van der Waals surface area contributed by atoms with Crippen LogP contribution in [0, 0.1) is 5.92 Å². The highest BCUT2D eigenvalue weighted by Crippen LogP contribution is 2.39. The summed E-state index contributed by atoms with van der Waals surface area (Å²) >= 11 is 0. The smallest absolute Gasteiger partial charge is 0.225 e. The van der Waals surface area contributed by atoms with Gasteiger partial charge in [0.25, 0.3) is 0 Å². The van der Waals surface area contributed by atoms with Crippen LogP contribution >= 0.6 is 7.80 Å². The SMILES string of the molecule is CCC(Cc1ccccc1)C[PH](=O)C(=O)c1c(OC)cccc1OC. The van der Waals surface area contributed by atoms with Crippen LogP contribution in [0.15, 0.2) is 48.5 Å². The Morgan fingerprint density at radius 3 is 2.12 bits per heavy atom. The summed E-state index contributed by atoms with van der Waals surface area (Å²) < 4.78 is 23.3. The van der Waals surface area contributed by atoms with Crippen LogP contribution < -0.4 is 9.47 Å². The van der Waals surface area contributed by atoms with E-state index in [1.807, 2.05) is 18.2 Å². The van der Waals surface area contributed by atoms with Crippen LogP contribution in [0.25, 0.3) is 0 Å². The first-order valence-corrected chi connectivity index (χ1v) is 10.0. The van der Waals surface area contributed by atoms with Gasteiger partial charge in [-0.3, -0.25) is 4.79 Å². The summed E-state index contributed by atoms with van der Waals surface area (Å²) in [5.74, 6) is 1.01. The van der Waals surface area contributed by atoms with E-state index in [0.29, 0.717) is 17.7 Å². The Morgan fingerprint density at radius 2 is 1.60 bits per heavy atom. The van der Waals surface area contributed by atoms with Crippen molar-refractivity contribution >= 4 is 13.3 Å². The molecule has 25 heavy (non-hydrogen) atoms. The molecule has 0 fully saturated rings. The van der Waals surface area contributed by atoms with Crippen molar-refractivity contribution in [1.82, 2.24) is 0 Å². The zero-order valence-corrected chi connectivity index (χ0v) is 16.0. The maximum absolute atomic E-state index is 12.8. The van der Waals surface area contributed by atoms with E-state index >= 15 is 0 Å². The van der Waals surface area contributed by atoms with E-state index in [-0.39, 0.29) is 17.0 Å². The van der Waals surface area contributed by atoms with E-state index in [1.54, 1.807) is 18.2 Å². The third-order valence-corrected chi connectivity index (χ3v) is 6.03. The highest BCUT2D eigenvalue weighted by Gasteiger charge is 2.25. The van der Waals surface area contributed by atoms with E-state index < -0.39 is 7.80 Å². The fraction of sp³-hybridized carbons (Fsp3) is 0.350. The molecule has 0 saturated heterocycles. The van der Waals surface area contributed by atoms with E-state index in [4.69, 9.17) is 9.47 Å². The number of ether oxygens (including phenoxy) is 2. The van der Waals surface area contributed by atoms with Gasteiger partial charge in [-0.15, -0.1) is 0 Å². The van der Waals surface area contributed by atoms with Crippen molar-refractivity contribution in [3.63, 3.8) is 0 Å². The summed E-state index contributed by atoms with van der Waals surface area (Å²) in [6, 6.07) is 15.2. The Bertz CT molecular complexity index is 705. The largest absolute Gasteiger partial charge is 0.496 e. The van der Waals surface area contributed by atoms with Crippen molar-refractivity contribution in [1.29, 1.82) is 0 Å². The number of hydrogen-bond donors (Lipinski definition) is 0. The minimum absolute atomic E-state index is 0.207. The quantitative estimate of drug-likeness (QED) is 0.610. The lowest BCUT2D eigenvalue weighted by Crippen LogP contribution is -2.10. The molecule has 0 bridgehead atoms. The van der Waals surface area contributed by atoms with Crippen molar-refractivity contribution in [3.05, 3.63) is 59.7 Å². The molecule has 0 saturated carbocycles. The zero-order valence-electron chi connectivity index (χ0n) is 15.0. The van der Waals surface area contributed by atoms with Crippen LogP contribution in [0.3, 0.4) is 0 Å². The van der Waals surface area contributed by atoms with Crippen molar-refractivity contribution in [2.75, 3.05) is 20.4 Å². The van der Waals surface area contributed by atoms with Crippen molar-refractivity contribution in [2.24, 2.45) is 5.92 Å². The fourth-order valence-electron chi connectivity index (χ4n) is 2.88. The van der Waals surface area contributed by atoms with Gasteiger partial charge in [-0.25, -0.2) is 0 Å². The van der Waals surface area contributed by atoms with Crippen LogP contribution in [-0.4, -0.2) is 25.9 Å². The van der Waals surface area contributed by atoms with Gasteiger partial charge in [0.2, 0.25) is 5.52 Å². The third kappa shape index (κ3) is 4.96. The number of rotatable bonds is 9. The number of benzene rings is 2. The molecular formula is C20H25O4P. The van der Waals surface area contributed by atoms with Crippen molar-refractivity contribution in [3.8, 4) is 11.5 Å². The standard InChI is InChI=1S/C20H25O4P/c1-4-15(13-16-9-6-5-7-10-16)14-25(22)20(21)19-17(23-2)11-8-12-18(19)24-3/h5-12,15,25H,4,13-14H2,1-3H3. The molecule has 0 aromatic heterocycles. The Morgan fingerprint density at radius 1 is 1.00 bits per heavy atom.